The third-order valence-electron chi connectivity index (χ3n) is 2.06. The van der Waals surface area contributed by atoms with Crippen LogP contribution in [0, 0.1) is 0 Å². The molecule has 0 N–H and O–H groups in total. The molecule has 0 aromatic carbocycles. The summed E-state index contributed by atoms with van der Waals surface area (Å²) in [7, 11) is 4.03. The van der Waals surface area contributed by atoms with Crippen molar-refractivity contribution in [2.75, 3.05) is 20.8 Å². The first kappa shape index (κ1) is 12.7. The van der Waals surface area contributed by atoms with Gasteiger partial charge >= 0.3 is 0 Å². The molecule has 0 saturated carbocycles. The molecule has 0 heterocycles. The highest BCUT2D eigenvalue weighted by molar-refractivity contribution is 4.98. The summed E-state index contributed by atoms with van der Waals surface area (Å²) < 4.78 is 5.78. The van der Waals surface area contributed by atoms with Crippen LogP contribution in [0.5, 0.6) is 0 Å². The van der Waals surface area contributed by atoms with E-state index in [1.165, 1.54) is 0 Å². The van der Waals surface area contributed by atoms with Crippen molar-refractivity contribution >= 4 is 0 Å². The summed E-state index contributed by atoms with van der Waals surface area (Å²) in [5.41, 5.74) is -0.0969. The first-order valence-corrected chi connectivity index (χ1v) is 5.00. The Kier molecular flexibility index (Phi) is 6.00. The van der Waals surface area contributed by atoms with Crippen LogP contribution < -0.4 is 0 Å². The number of ether oxygens (including phenoxy) is 1. The Morgan fingerprint density at radius 2 is 1.92 bits per heavy atom. The van der Waals surface area contributed by atoms with Crippen LogP contribution in [-0.2, 0) is 4.74 Å². The van der Waals surface area contributed by atoms with Gasteiger partial charge in [-0.3, -0.25) is 4.90 Å². The molecule has 13 heavy (non-hydrogen) atoms. The molecule has 0 saturated heterocycles. The number of nitrogens with zero attached hydrogens (tertiary/aromatic N) is 1. The Labute approximate surface area is 82.6 Å². The number of allylic oxidation sites excluding steroid dienone is 1. The van der Waals surface area contributed by atoms with Crippen molar-refractivity contribution in [2.24, 2.45) is 0 Å². The zero-order valence-electron chi connectivity index (χ0n) is 9.63. The molecular formula is C11H23NO. The fraction of sp³-hybridized carbons (Fsp3) is 0.818. The predicted octanol–water partition coefficient (Wildman–Crippen LogP) is 2.66. The van der Waals surface area contributed by atoms with E-state index in [1.807, 2.05) is 19.0 Å². The molecule has 2 nitrogen and oxygen atoms in total. The minimum atomic E-state index is -0.0969. The average Bonchev–Trinajstić information content (AvgIpc) is 2.11. The van der Waals surface area contributed by atoms with Crippen molar-refractivity contribution in [2.45, 2.75) is 39.2 Å². The van der Waals surface area contributed by atoms with Crippen molar-refractivity contribution in [3.8, 4) is 0 Å². The Hall–Kier alpha value is -0.340. The maximum Gasteiger partial charge on any atom is 0.0997 e. The average molecular weight is 185 g/mol. The molecule has 0 aliphatic rings. The maximum absolute atomic E-state index is 5.78. The van der Waals surface area contributed by atoms with E-state index in [1.54, 1.807) is 0 Å². The Bertz CT molecular complexity index is 154. The van der Waals surface area contributed by atoms with Crippen LogP contribution in [0.2, 0.25) is 0 Å². The van der Waals surface area contributed by atoms with Gasteiger partial charge in [0.15, 0.2) is 0 Å². The van der Waals surface area contributed by atoms with Gasteiger partial charge in [0.2, 0.25) is 0 Å². The number of hydrogen-bond donors (Lipinski definition) is 0. The summed E-state index contributed by atoms with van der Waals surface area (Å²) in [6, 6.07) is 0. The van der Waals surface area contributed by atoms with E-state index in [4.69, 9.17) is 4.74 Å². The molecule has 0 unspecified atom stereocenters. The third-order valence-corrected chi connectivity index (χ3v) is 2.06. The van der Waals surface area contributed by atoms with E-state index in [0.717, 1.165) is 12.8 Å². The lowest BCUT2D eigenvalue weighted by Gasteiger charge is -2.27. The van der Waals surface area contributed by atoms with E-state index in [-0.39, 0.29) is 5.60 Å². The second-order valence-corrected chi connectivity index (χ2v) is 3.83. The van der Waals surface area contributed by atoms with Crippen molar-refractivity contribution in [1.82, 2.24) is 4.90 Å². The van der Waals surface area contributed by atoms with Crippen molar-refractivity contribution in [1.29, 1.82) is 0 Å². The molecule has 0 spiro atoms. The predicted molar refractivity (Wildman–Crippen MR) is 57.8 cm³/mol. The summed E-state index contributed by atoms with van der Waals surface area (Å²) in [4.78, 5) is 2.04. The van der Waals surface area contributed by atoms with Gasteiger partial charge in [-0.15, -0.1) is 0 Å². The Morgan fingerprint density at radius 3 is 2.31 bits per heavy atom. The van der Waals surface area contributed by atoms with Crippen LogP contribution in [-0.4, -0.2) is 31.3 Å². The molecule has 0 radical (unpaired) electrons. The highest BCUT2D eigenvalue weighted by atomic mass is 16.5. The van der Waals surface area contributed by atoms with E-state index < -0.39 is 0 Å². The van der Waals surface area contributed by atoms with Gasteiger partial charge in [-0.2, -0.15) is 0 Å². The highest BCUT2D eigenvalue weighted by Crippen LogP contribution is 2.17. The molecule has 0 aromatic heterocycles. The van der Waals surface area contributed by atoms with E-state index in [2.05, 4.69) is 32.9 Å². The van der Waals surface area contributed by atoms with E-state index >= 15 is 0 Å². The van der Waals surface area contributed by atoms with Gasteiger partial charge in [0.25, 0.3) is 0 Å². The largest absolute Gasteiger partial charge is 0.356 e. The van der Waals surface area contributed by atoms with E-state index in [9.17, 15) is 0 Å². The van der Waals surface area contributed by atoms with Gasteiger partial charge in [-0.05, 0) is 33.9 Å². The van der Waals surface area contributed by atoms with Crippen LogP contribution >= 0.6 is 0 Å². The minimum absolute atomic E-state index is 0.0969. The second kappa shape index (κ2) is 6.17. The molecule has 0 rings (SSSR count). The smallest absolute Gasteiger partial charge is 0.0997 e. The SMILES string of the molecule is CC/C=C\[C@@](C)(CC)OCN(C)C. The molecule has 0 fully saturated rings. The summed E-state index contributed by atoms with van der Waals surface area (Å²) in [6.45, 7) is 7.09. The van der Waals surface area contributed by atoms with Gasteiger partial charge in [0.05, 0.1) is 12.3 Å². The maximum atomic E-state index is 5.78. The summed E-state index contributed by atoms with van der Waals surface area (Å²) >= 11 is 0. The van der Waals surface area contributed by atoms with Gasteiger partial charge in [0.1, 0.15) is 0 Å². The molecule has 2 heteroatoms. The lowest BCUT2D eigenvalue weighted by Crippen LogP contribution is -2.30. The quantitative estimate of drug-likeness (QED) is 0.466. The van der Waals surface area contributed by atoms with Crippen molar-refractivity contribution in [3.63, 3.8) is 0 Å². The van der Waals surface area contributed by atoms with Gasteiger partial charge in [-0.25, -0.2) is 0 Å². The van der Waals surface area contributed by atoms with Crippen LogP contribution in [0.4, 0.5) is 0 Å². The standard InChI is InChI=1S/C11H23NO/c1-6-8-9-11(3,7-2)13-10-12(4)5/h8-9H,6-7,10H2,1-5H3/b9-8-/t11-/m1/s1. The zero-order valence-corrected chi connectivity index (χ0v) is 9.63. The zero-order chi connectivity index (χ0) is 10.3. The lowest BCUT2D eigenvalue weighted by molar-refractivity contribution is -0.0440. The lowest BCUT2D eigenvalue weighted by atomic mass is 10.0. The molecule has 0 aliphatic carbocycles. The molecule has 0 bridgehead atoms. The van der Waals surface area contributed by atoms with Gasteiger partial charge in [-0.1, -0.05) is 26.0 Å². The molecular weight excluding hydrogens is 162 g/mol. The summed E-state index contributed by atoms with van der Waals surface area (Å²) in [5.74, 6) is 0. The summed E-state index contributed by atoms with van der Waals surface area (Å²) in [5, 5.41) is 0. The van der Waals surface area contributed by atoms with Crippen LogP contribution in [0.3, 0.4) is 0 Å². The van der Waals surface area contributed by atoms with Crippen molar-refractivity contribution in [3.05, 3.63) is 12.2 Å². The first-order valence-electron chi connectivity index (χ1n) is 5.00. The Morgan fingerprint density at radius 1 is 1.31 bits per heavy atom. The fourth-order valence-corrected chi connectivity index (χ4v) is 0.912. The van der Waals surface area contributed by atoms with Gasteiger partial charge < -0.3 is 4.74 Å². The minimum Gasteiger partial charge on any atom is -0.356 e. The molecule has 1 atom stereocenters. The van der Waals surface area contributed by atoms with Gasteiger partial charge in [0, 0.05) is 0 Å². The number of hydrogen-bond acceptors (Lipinski definition) is 2. The molecule has 78 valence electrons. The highest BCUT2D eigenvalue weighted by Gasteiger charge is 2.18. The first-order chi connectivity index (χ1) is 6.04. The van der Waals surface area contributed by atoms with Crippen molar-refractivity contribution < 1.29 is 4.74 Å². The molecule has 0 amide bonds. The topological polar surface area (TPSA) is 12.5 Å². The molecule has 0 aromatic rings. The second-order valence-electron chi connectivity index (χ2n) is 3.83. The monoisotopic (exact) mass is 185 g/mol. The summed E-state index contributed by atoms with van der Waals surface area (Å²) in [6.07, 6.45) is 6.41. The van der Waals surface area contributed by atoms with Crippen LogP contribution in [0.1, 0.15) is 33.6 Å². The fourth-order valence-electron chi connectivity index (χ4n) is 0.912. The van der Waals surface area contributed by atoms with Crippen LogP contribution in [0.25, 0.3) is 0 Å². The van der Waals surface area contributed by atoms with Crippen LogP contribution in [0.15, 0.2) is 12.2 Å². The van der Waals surface area contributed by atoms with E-state index in [0.29, 0.717) is 6.73 Å². The Balaban J connectivity index is 4.03. The normalized spacial score (nSPS) is 16.8. The third kappa shape index (κ3) is 5.83. The molecule has 0 aliphatic heterocycles. The number of rotatable bonds is 6.